The largest absolute Gasteiger partial charge is 0.449 e. The minimum atomic E-state index is -0.905. The first kappa shape index (κ1) is 30.3. The van der Waals surface area contributed by atoms with Gasteiger partial charge in [0, 0.05) is 39.7 Å². The molecule has 1 aliphatic carbocycles. The summed E-state index contributed by atoms with van der Waals surface area (Å²) in [6.45, 7) is 5.22. The van der Waals surface area contributed by atoms with E-state index in [9.17, 15) is 14.9 Å². The Morgan fingerprint density at radius 3 is 2.63 bits per heavy atom. The molecule has 2 aliphatic heterocycles. The molecule has 3 atom stereocenters. The molecule has 2 heterocycles. The number of nitriles is 1. The molecule has 0 aromatic heterocycles. The smallest absolute Gasteiger partial charge is 0.412 e. The van der Waals surface area contributed by atoms with Crippen molar-refractivity contribution in [2.24, 2.45) is 10.9 Å². The lowest BCUT2D eigenvalue weighted by molar-refractivity contribution is -0.124. The summed E-state index contributed by atoms with van der Waals surface area (Å²) in [5.41, 5.74) is -0.905. The predicted molar refractivity (Wildman–Crippen MR) is 144 cm³/mol. The highest BCUT2D eigenvalue weighted by Gasteiger charge is 2.38. The number of methoxy groups -OCH3 is 1. The number of likely N-dealkylation sites (tertiary alicyclic amines) is 1. The van der Waals surface area contributed by atoms with Crippen LogP contribution in [-0.2, 0) is 19.0 Å². The molecule has 0 spiro atoms. The third-order valence-corrected chi connectivity index (χ3v) is 7.92. The number of hydrogen-bond acceptors (Lipinski definition) is 9. The van der Waals surface area contributed by atoms with Crippen LogP contribution in [0.4, 0.5) is 4.79 Å². The van der Waals surface area contributed by atoms with Crippen LogP contribution < -0.4 is 16.0 Å². The molecule has 2 saturated heterocycles. The molecule has 2 amide bonds. The third kappa shape index (κ3) is 9.49. The van der Waals surface area contributed by atoms with E-state index in [1.165, 1.54) is 6.42 Å². The van der Waals surface area contributed by atoms with Crippen LogP contribution in [0.15, 0.2) is 4.99 Å². The molecule has 0 aromatic rings. The zero-order chi connectivity index (χ0) is 27.4. The monoisotopic (exact) mass is 534 g/mol. The Morgan fingerprint density at radius 1 is 1.26 bits per heavy atom. The highest BCUT2D eigenvalue weighted by molar-refractivity contribution is 5.99. The molecule has 3 rings (SSSR count). The number of morpholine rings is 1. The molecule has 0 bridgehead atoms. The van der Waals surface area contributed by atoms with E-state index < -0.39 is 23.8 Å². The number of alkyl carbamates (subject to hydrolysis) is 1. The standard InChI is InChI=1S/C27H46N6O5/c1-20(36-3)9-15-38-26(35)31-24(23-18-29-12-16-37-23)30-22(17-21-7-5-4-6-8-21)25(34)32-27(19-28)10-13-33(2)14-11-27/h20-23,29H,4-18H2,1-3H3,(H,32,34)(H,30,31,35). The quantitative estimate of drug-likeness (QED) is 0.286. The lowest BCUT2D eigenvalue weighted by Gasteiger charge is -2.37. The van der Waals surface area contributed by atoms with Crippen molar-refractivity contribution in [2.45, 2.75) is 88.5 Å². The van der Waals surface area contributed by atoms with Gasteiger partial charge in [0.15, 0.2) is 0 Å². The highest BCUT2D eigenvalue weighted by atomic mass is 16.6. The minimum absolute atomic E-state index is 0.0302. The molecule has 0 aromatic carbocycles. The average molecular weight is 535 g/mol. The van der Waals surface area contributed by atoms with Gasteiger partial charge in [0.05, 0.1) is 25.4 Å². The van der Waals surface area contributed by atoms with E-state index >= 15 is 0 Å². The zero-order valence-electron chi connectivity index (χ0n) is 23.3. The number of ether oxygens (including phenoxy) is 3. The van der Waals surface area contributed by atoms with Crippen LogP contribution in [0.1, 0.15) is 64.7 Å². The lowest BCUT2D eigenvalue weighted by Crippen LogP contribution is -2.56. The van der Waals surface area contributed by atoms with Crippen molar-refractivity contribution in [1.82, 2.24) is 20.9 Å². The van der Waals surface area contributed by atoms with Gasteiger partial charge in [-0.2, -0.15) is 5.26 Å². The second-order valence-electron chi connectivity index (χ2n) is 10.9. The maximum atomic E-state index is 13.7. The summed E-state index contributed by atoms with van der Waals surface area (Å²) in [5, 5.41) is 19.1. The second-order valence-corrected chi connectivity index (χ2v) is 10.9. The van der Waals surface area contributed by atoms with Crippen molar-refractivity contribution in [3.8, 4) is 6.07 Å². The maximum absolute atomic E-state index is 13.7. The Labute approximate surface area is 227 Å². The molecular weight excluding hydrogens is 488 g/mol. The van der Waals surface area contributed by atoms with Gasteiger partial charge in [0.25, 0.3) is 0 Å². The Balaban J connectivity index is 1.79. The number of hydrogen-bond donors (Lipinski definition) is 3. The predicted octanol–water partition coefficient (Wildman–Crippen LogP) is 1.97. The molecule has 38 heavy (non-hydrogen) atoms. The minimum Gasteiger partial charge on any atom is -0.449 e. The van der Waals surface area contributed by atoms with Crippen molar-refractivity contribution in [3.05, 3.63) is 0 Å². The molecule has 3 N–H and O–H groups in total. The molecule has 0 radical (unpaired) electrons. The molecule has 3 aliphatic rings. The van der Waals surface area contributed by atoms with Crippen molar-refractivity contribution >= 4 is 17.8 Å². The fourth-order valence-corrected chi connectivity index (χ4v) is 5.22. The van der Waals surface area contributed by atoms with Gasteiger partial charge < -0.3 is 29.7 Å². The third-order valence-electron chi connectivity index (χ3n) is 7.92. The summed E-state index contributed by atoms with van der Waals surface area (Å²) in [5.74, 6) is 0.382. The lowest BCUT2D eigenvalue weighted by atomic mass is 9.84. The zero-order valence-corrected chi connectivity index (χ0v) is 23.3. The SMILES string of the molecule is COC(C)CCOC(=O)NC(=NC(CC1CCCCC1)C(=O)NC1(C#N)CCN(C)CC1)C1CNCCO1. The number of amidine groups is 1. The molecule has 11 nitrogen and oxygen atoms in total. The summed E-state index contributed by atoms with van der Waals surface area (Å²) in [6, 6.07) is 1.63. The van der Waals surface area contributed by atoms with Gasteiger partial charge in [-0.1, -0.05) is 32.1 Å². The van der Waals surface area contributed by atoms with Gasteiger partial charge >= 0.3 is 6.09 Å². The number of carbonyl (C=O) groups is 2. The summed E-state index contributed by atoms with van der Waals surface area (Å²) in [6.07, 6.45) is 6.70. The van der Waals surface area contributed by atoms with E-state index in [0.29, 0.717) is 51.3 Å². The van der Waals surface area contributed by atoms with Gasteiger partial charge in [-0.25, -0.2) is 4.79 Å². The van der Waals surface area contributed by atoms with E-state index in [1.807, 2.05) is 14.0 Å². The topological polar surface area (TPSA) is 137 Å². The van der Waals surface area contributed by atoms with Crippen LogP contribution in [0.5, 0.6) is 0 Å². The first-order valence-electron chi connectivity index (χ1n) is 14.1. The molecule has 214 valence electrons. The number of nitrogens with zero attached hydrogens (tertiary/aromatic N) is 3. The summed E-state index contributed by atoms with van der Waals surface area (Å²) < 4.78 is 16.5. The Kier molecular flexibility index (Phi) is 12.2. The fraction of sp³-hybridized carbons (Fsp3) is 0.852. The number of aliphatic imine (C=N–C) groups is 1. The van der Waals surface area contributed by atoms with Gasteiger partial charge in [-0.3, -0.25) is 15.1 Å². The van der Waals surface area contributed by atoms with E-state index in [0.717, 1.165) is 38.8 Å². The van der Waals surface area contributed by atoms with Crippen LogP contribution in [0.3, 0.4) is 0 Å². The highest BCUT2D eigenvalue weighted by Crippen LogP contribution is 2.29. The average Bonchev–Trinajstić information content (AvgIpc) is 2.94. The molecule has 3 fully saturated rings. The Bertz CT molecular complexity index is 826. The summed E-state index contributed by atoms with van der Waals surface area (Å²) in [7, 11) is 3.63. The number of carbonyl (C=O) groups excluding carboxylic acids is 2. The first-order chi connectivity index (χ1) is 18.3. The van der Waals surface area contributed by atoms with Crippen LogP contribution >= 0.6 is 0 Å². The number of rotatable bonds is 10. The van der Waals surface area contributed by atoms with Crippen molar-refractivity contribution < 1.29 is 23.8 Å². The number of piperidine rings is 1. The van der Waals surface area contributed by atoms with E-state index in [1.54, 1.807) is 7.11 Å². The van der Waals surface area contributed by atoms with Gasteiger partial charge in [0.1, 0.15) is 23.5 Å². The fourth-order valence-electron chi connectivity index (χ4n) is 5.22. The number of amides is 2. The summed E-state index contributed by atoms with van der Waals surface area (Å²) in [4.78, 5) is 33.4. The van der Waals surface area contributed by atoms with E-state index in [2.05, 4.69) is 26.9 Å². The molecule has 1 saturated carbocycles. The van der Waals surface area contributed by atoms with Gasteiger partial charge in [-0.15, -0.1) is 0 Å². The Hall–Kier alpha value is -2.26. The van der Waals surface area contributed by atoms with Crippen molar-refractivity contribution in [2.75, 3.05) is 53.6 Å². The first-order valence-corrected chi connectivity index (χ1v) is 14.1. The second kappa shape index (κ2) is 15.4. The van der Waals surface area contributed by atoms with Gasteiger partial charge in [-0.05, 0) is 39.2 Å². The number of nitrogens with one attached hydrogen (secondary N) is 3. The van der Waals surface area contributed by atoms with Crippen LogP contribution in [-0.4, -0.2) is 100 Å². The van der Waals surface area contributed by atoms with Crippen molar-refractivity contribution in [1.29, 1.82) is 5.26 Å². The molecule has 11 heteroatoms. The van der Waals surface area contributed by atoms with Crippen molar-refractivity contribution in [3.63, 3.8) is 0 Å². The summed E-state index contributed by atoms with van der Waals surface area (Å²) >= 11 is 0. The van der Waals surface area contributed by atoms with E-state index in [-0.39, 0.29) is 24.5 Å². The molecule has 3 unspecified atom stereocenters. The maximum Gasteiger partial charge on any atom is 0.412 e. The van der Waals surface area contributed by atoms with Gasteiger partial charge in [0.2, 0.25) is 5.91 Å². The molecular formula is C27H46N6O5. The normalized spacial score (nSPS) is 24.6. The Morgan fingerprint density at radius 2 is 2.00 bits per heavy atom. The van der Waals surface area contributed by atoms with Crippen LogP contribution in [0.25, 0.3) is 0 Å². The van der Waals surface area contributed by atoms with Crippen LogP contribution in [0.2, 0.25) is 0 Å². The van der Waals surface area contributed by atoms with E-state index in [4.69, 9.17) is 19.2 Å². The van der Waals surface area contributed by atoms with Crippen LogP contribution in [0, 0.1) is 17.2 Å².